The lowest BCUT2D eigenvalue weighted by molar-refractivity contribution is -0.127. The molecule has 0 spiro atoms. The van der Waals surface area contributed by atoms with Crippen LogP contribution in [0.4, 0.5) is 26.3 Å². The van der Waals surface area contributed by atoms with Crippen molar-refractivity contribution < 1.29 is 26.3 Å². The van der Waals surface area contributed by atoms with Gasteiger partial charge < -0.3 is 0 Å². The predicted octanol–water partition coefficient (Wildman–Crippen LogP) is 4.71. The summed E-state index contributed by atoms with van der Waals surface area (Å²) < 4.78 is 71.2. The normalized spacial score (nSPS) is 17.2. The van der Waals surface area contributed by atoms with Crippen LogP contribution in [0.1, 0.15) is 0 Å². The molecule has 0 saturated heterocycles. The Morgan fingerprint density at radius 1 is 0.750 bits per heavy atom. The van der Waals surface area contributed by atoms with E-state index in [0.29, 0.717) is 21.6 Å². The number of hydrogen-bond donors (Lipinski definition) is 0. The minimum atomic E-state index is -4.54. The molecule has 0 aromatic heterocycles. The smallest absolute Gasteiger partial charge is 0.169 e. The van der Waals surface area contributed by atoms with Crippen LogP contribution in [0.15, 0.2) is 0 Å². The highest BCUT2D eigenvalue weighted by molar-refractivity contribution is 8.76. The van der Waals surface area contributed by atoms with E-state index in [1.807, 2.05) is 0 Å². The Morgan fingerprint density at radius 2 is 1.00 bits per heavy atom. The van der Waals surface area contributed by atoms with Gasteiger partial charge in [-0.25, -0.2) is 0 Å². The lowest BCUT2D eigenvalue weighted by Crippen LogP contribution is -2.26. The maximum absolute atomic E-state index is 11.9. The third-order valence-corrected chi connectivity index (χ3v) is 4.81. The van der Waals surface area contributed by atoms with Crippen LogP contribution in [0.25, 0.3) is 0 Å². The molecule has 98 valence electrons. The van der Waals surface area contributed by atoms with E-state index in [9.17, 15) is 26.3 Å². The Labute approximate surface area is 106 Å². The third-order valence-electron chi connectivity index (χ3n) is 1.22. The number of rotatable bonds is 5. The van der Waals surface area contributed by atoms with Crippen molar-refractivity contribution in [3.63, 3.8) is 0 Å². The van der Waals surface area contributed by atoms with Gasteiger partial charge in [-0.1, -0.05) is 21.6 Å². The molecule has 0 rings (SSSR count). The number of halogens is 8. The molecule has 0 saturated carbocycles. The van der Waals surface area contributed by atoms with Crippen molar-refractivity contribution in [2.75, 3.05) is 11.5 Å². The topological polar surface area (TPSA) is 0 Å². The number of hydrogen-bond acceptors (Lipinski definition) is 2. The molecule has 0 bridgehead atoms. The van der Waals surface area contributed by atoms with Crippen molar-refractivity contribution in [1.82, 2.24) is 0 Å². The van der Waals surface area contributed by atoms with Gasteiger partial charge in [0.05, 0.1) is 0 Å². The van der Waals surface area contributed by atoms with Gasteiger partial charge in [0.15, 0.2) is 0 Å². The van der Waals surface area contributed by atoms with E-state index in [1.165, 1.54) is 0 Å². The van der Waals surface area contributed by atoms with Crippen LogP contribution in [0.3, 0.4) is 0 Å². The zero-order chi connectivity index (χ0) is 13.0. The quantitative estimate of drug-likeness (QED) is 0.310. The SMILES string of the molecule is FC(F)(F)C(Cl)CSSCC(Cl)C(F)(F)F. The van der Waals surface area contributed by atoms with Crippen LogP contribution in [0, 0.1) is 0 Å². The molecule has 2 atom stereocenters. The number of alkyl halides is 8. The van der Waals surface area contributed by atoms with Gasteiger partial charge in [0, 0.05) is 11.5 Å². The first-order chi connectivity index (χ1) is 7.05. The van der Waals surface area contributed by atoms with E-state index in [0.717, 1.165) is 0 Å². The summed E-state index contributed by atoms with van der Waals surface area (Å²) in [5.74, 6) is -1.03. The Bertz CT molecular complexity index is 184. The first kappa shape index (κ1) is 16.9. The zero-order valence-corrected chi connectivity index (χ0v) is 10.6. The molecule has 0 aliphatic carbocycles. The van der Waals surface area contributed by atoms with Crippen molar-refractivity contribution in [3.8, 4) is 0 Å². The Balaban J connectivity index is 3.70. The monoisotopic (exact) mass is 326 g/mol. The fourth-order valence-electron chi connectivity index (χ4n) is 0.405. The molecule has 2 unspecified atom stereocenters. The molecule has 0 aromatic rings. The van der Waals surface area contributed by atoms with E-state index in [4.69, 9.17) is 23.2 Å². The minimum absolute atomic E-state index is 0.517. The average molecular weight is 327 g/mol. The zero-order valence-electron chi connectivity index (χ0n) is 7.41. The first-order valence-corrected chi connectivity index (χ1v) is 7.07. The molecule has 16 heavy (non-hydrogen) atoms. The van der Waals surface area contributed by atoms with E-state index in [2.05, 4.69) is 0 Å². The summed E-state index contributed by atoms with van der Waals surface area (Å²) >= 11 is 9.90. The van der Waals surface area contributed by atoms with Gasteiger partial charge in [0.1, 0.15) is 10.8 Å². The van der Waals surface area contributed by atoms with Crippen molar-refractivity contribution in [1.29, 1.82) is 0 Å². The molecule has 0 aliphatic heterocycles. The molecule has 0 fully saturated rings. The van der Waals surface area contributed by atoms with Gasteiger partial charge in [0.2, 0.25) is 0 Å². The Hall–Kier alpha value is 0.860. The summed E-state index contributed by atoms with van der Waals surface area (Å²) in [6.07, 6.45) is -9.08. The maximum Gasteiger partial charge on any atom is 0.405 e. The molecule has 0 N–H and O–H groups in total. The fourth-order valence-corrected chi connectivity index (χ4v) is 3.43. The van der Waals surface area contributed by atoms with Crippen LogP contribution < -0.4 is 0 Å². The largest absolute Gasteiger partial charge is 0.405 e. The average Bonchev–Trinajstić information content (AvgIpc) is 2.08. The van der Waals surface area contributed by atoms with E-state index in [-0.39, 0.29) is 0 Å². The van der Waals surface area contributed by atoms with Crippen LogP contribution in [-0.2, 0) is 0 Å². The molecule has 0 radical (unpaired) electrons. The van der Waals surface area contributed by atoms with Gasteiger partial charge in [-0.2, -0.15) is 26.3 Å². The second kappa shape index (κ2) is 6.70. The van der Waals surface area contributed by atoms with Crippen LogP contribution in [0.5, 0.6) is 0 Å². The summed E-state index contributed by atoms with van der Waals surface area (Å²) in [6, 6.07) is 0. The maximum atomic E-state index is 11.9. The molecule has 0 aliphatic rings. The molecule has 0 amide bonds. The second-order valence-electron chi connectivity index (χ2n) is 2.59. The molecule has 10 heteroatoms. The van der Waals surface area contributed by atoms with Crippen LogP contribution >= 0.6 is 44.8 Å². The van der Waals surface area contributed by atoms with Crippen LogP contribution in [-0.4, -0.2) is 34.6 Å². The third kappa shape index (κ3) is 7.24. The lowest BCUT2D eigenvalue weighted by Gasteiger charge is -2.14. The molecule has 0 nitrogen and oxygen atoms in total. The van der Waals surface area contributed by atoms with Crippen molar-refractivity contribution >= 4 is 44.8 Å². The highest BCUT2D eigenvalue weighted by Crippen LogP contribution is 2.35. The Kier molecular flexibility index (Phi) is 7.06. The summed E-state index contributed by atoms with van der Waals surface area (Å²) in [5.41, 5.74) is 0. The van der Waals surface area contributed by atoms with Gasteiger partial charge in [-0.3, -0.25) is 0 Å². The van der Waals surface area contributed by atoms with Gasteiger partial charge in [-0.05, 0) is 0 Å². The summed E-state index contributed by atoms with van der Waals surface area (Å²) in [5, 5.41) is -4.13. The van der Waals surface area contributed by atoms with Crippen molar-refractivity contribution in [2.45, 2.75) is 23.1 Å². The van der Waals surface area contributed by atoms with Gasteiger partial charge >= 0.3 is 12.4 Å². The van der Waals surface area contributed by atoms with Crippen LogP contribution in [0.2, 0.25) is 0 Å². The molecule has 0 aromatic carbocycles. The van der Waals surface area contributed by atoms with E-state index in [1.54, 1.807) is 0 Å². The highest BCUT2D eigenvalue weighted by atomic mass is 35.5. The minimum Gasteiger partial charge on any atom is -0.169 e. The summed E-state index contributed by atoms with van der Waals surface area (Å²) in [7, 11) is 1.23. The fraction of sp³-hybridized carbons (Fsp3) is 1.00. The van der Waals surface area contributed by atoms with Crippen molar-refractivity contribution in [2.24, 2.45) is 0 Å². The lowest BCUT2D eigenvalue weighted by atomic mass is 10.5. The molecular formula is C6H6Cl2F6S2. The standard InChI is InChI=1S/C6H6Cl2F6S2/c7-3(5(9,10)11)1-15-16-2-4(8)6(12,13)14/h3-4H,1-2H2. The molecular weight excluding hydrogens is 321 g/mol. The Morgan fingerprint density at radius 3 is 1.19 bits per heavy atom. The van der Waals surface area contributed by atoms with E-state index >= 15 is 0 Å². The molecule has 0 heterocycles. The summed E-state index contributed by atoms with van der Waals surface area (Å²) in [4.78, 5) is 0. The predicted molar refractivity (Wildman–Crippen MR) is 56.3 cm³/mol. The van der Waals surface area contributed by atoms with E-state index < -0.39 is 34.6 Å². The van der Waals surface area contributed by atoms with Gasteiger partial charge in [-0.15, -0.1) is 23.2 Å². The van der Waals surface area contributed by atoms with Gasteiger partial charge in [0.25, 0.3) is 0 Å². The highest BCUT2D eigenvalue weighted by Gasteiger charge is 2.39. The first-order valence-electron chi connectivity index (χ1n) is 3.71. The van der Waals surface area contributed by atoms with Crippen molar-refractivity contribution in [3.05, 3.63) is 0 Å². The summed E-state index contributed by atoms with van der Waals surface area (Å²) in [6.45, 7) is 0. The second-order valence-corrected chi connectivity index (χ2v) is 6.19.